The van der Waals surface area contributed by atoms with Crippen LogP contribution >= 0.6 is 0 Å². The van der Waals surface area contributed by atoms with Crippen molar-refractivity contribution in [3.63, 3.8) is 0 Å². The minimum atomic E-state index is 0.00731. The maximum Gasteiger partial charge on any atom is 0.172 e. The lowest BCUT2D eigenvalue weighted by Gasteiger charge is -2.22. The third kappa shape index (κ3) is 1.76. The molecule has 0 radical (unpaired) electrons. The molecule has 0 spiro atoms. The normalized spacial score (nSPS) is 18.8. The van der Waals surface area contributed by atoms with Crippen LogP contribution in [0.5, 0.6) is 0 Å². The summed E-state index contributed by atoms with van der Waals surface area (Å²) >= 11 is 0. The molecule has 2 nitrogen and oxygen atoms in total. The standard InChI is InChI=1S/C15H13NO/c17-15-12(11-5-2-1-3-6-11)8-9-14-13(15)7-4-10-16-14/h1-7,10,12H,8-9H2. The Morgan fingerprint density at radius 3 is 2.71 bits per heavy atom. The Labute approximate surface area is 100 Å². The van der Waals surface area contributed by atoms with Gasteiger partial charge in [0.2, 0.25) is 0 Å². The summed E-state index contributed by atoms with van der Waals surface area (Å²) in [4.78, 5) is 16.7. The second-order valence-electron chi connectivity index (χ2n) is 4.36. The summed E-state index contributed by atoms with van der Waals surface area (Å²) in [6.45, 7) is 0. The number of aromatic nitrogens is 1. The van der Waals surface area contributed by atoms with E-state index >= 15 is 0 Å². The molecule has 2 heteroatoms. The first-order chi connectivity index (χ1) is 8.36. The van der Waals surface area contributed by atoms with Gasteiger partial charge in [-0.25, -0.2) is 0 Å². The van der Waals surface area contributed by atoms with Crippen molar-refractivity contribution in [2.45, 2.75) is 18.8 Å². The molecule has 0 N–H and O–H groups in total. The molecule has 84 valence electrons. The van der Waals surface area contributed by atoms with Gasteiger partial charge < -0.3 is 0 Å². The fraction of sp³-hybridized carbons (Fsp3) is 0.200. The molecule has 0 aliphatic heterocycles. The van der Waals surface area contributed by atoms with Gasteiger partial charge >= 0.3 is 0 Å². The first-order valence-electron chi connectivity index (χ1n) is 5.89. The summed E-state index contributed by atoms with van der Waals surface area (Å²) in [6.07, 6.45) is 3.52. The lowest BCUT2D eigenvalue weighted by Crippen LogP contribution is -2.21. The Morgan fingerprint density at radius 1 is 1.06 bits per heavy atom. The fourth-order valence-corrected chi connectivity index (χ4v) is 2.46. The first-order valence-corrected chi connectivity index (χ1v) is 5.89. The number of hydrogen-bond acceptors (Lipinski definition) is 2. The molecule has 1 aliphatic rings. The highest BCUT2D eigenvalue weighted by Crippen LogP contribution is 2.31. The van der Waals surface area contributed by atoms with Gasteiger partial charge in [-0.05, 0) is 30.5 Å². The van der Waals surface area contributed by atoms with Crippen molar-refractivity contribution in [1.29, 1.82) is 0 Å². The van der Waals surface area contributed by atoms with Gasteiger partial charge in [0.25, 0.3) is 0 Å². The summed E-state index contributed by atoms with van der Waals surface area (Å²) in [5.74, 6) is 0.221. The Balaban J connectivity index is 2.00. The number of carbonyl (C=O) groups excluding carboxylic acids is 1. The smallest absolute Gasteiger partial charge is 0.172 e. The molecule has 0 fully saturated rings. The second kappa shape index (κ2) is 4.13. The van der Waals surface area contributed by atoms with Crippen molar-refractivity contribution in [3.05, 3.63) is 65.5 Å². The molecule has 2 aromatic rings. The highest BCUT2D eigenvalue weighted by atomic mass is 16.1. The van der Waals surface area contributed by atoms with Crippen LogP contribution < -0.4 is 0 Å². The Morgan fingerprint density at radius 2 is 1.88 bits per heavy atom. The molecule has 0 amide bonds. The zero-order valence-electron chi connectivity index (χ0n) is 9.47. The minimum Gasteiger partial charge on any atom is -0.293 e. The zero-order chi connectivity index (χ0) is 11.7. The number of ketones is 1. The first kappa shape index (κ1) is 10.2. The molecule has 17 heavy (non-hydrogen) atoms. The van der Waals surface area contributed by atoms with Crippen LogP contribution in [0.3, 0.4) is 0 Å². The van der Waals surface area contributed by atoms with Gasteiger partial charge in [0, 0.05) is 17.7 Å². The van der Waals surface area contributed by atoms with Crippen molar-refractivity contribution < 1.29 is 4.79 Å². The van der Waals surface area contributed by atoms with Gasteiger partial charge in [0.15, 0.2) is 5.78 Å². The molecule has 0 bridgehead atoms. The van der Waals surface area contributed by atoms with E-state index in [1.165, 1.54) is 0 Å². The lowest BCUT2D eigenvalue weighted by molar-refractivity contribution is 0.0945. The number of nitrogens with zero attached hydrogens (tertiary/aromatic N) is 1. The van der Waals surface area contributed by atoms with Gasteiger partial charge in [-0.2, -0.15) is 0 Å². The number of benzene rings is 1. The molecular weight excluding hydrogens is 210 g/mol. The molecule has 1 aliphatic carbocycles. The van der Waals surface area contributed by atoms with Crippen LogP contribution in [-0.4, -0.2) is 10.8 Å². The number of Topliss-reactive ketones (excluding diaryl/α,β-unsaturated/α-hetero) is 1. The quantitative estimate of drug-likeness (QED) is 0.744. The Bertz CT molecular complexity index is 548. The summed E-state index contributed by atoms with van der Waals surface area (Å²) in [6, 6.07) is 13.7. The van der Waals surface area contributed by atoms with E-state index < -0.39 is 0 Å². The van der Waals surface area contributed by atoms with Gasteiger partial charge in [-0.15, -0.1) is 0 Å². The molecule has 0 saturated carbocycles. The van der Waals surface area contributed by atoms with E-state index in [4.69, 9.17) is 0 Å². The minimum absolute atomic E-state index is 0.00731. The van der Waals surface area contributed by atoms with Gasteiger partial charge in [-0.1, -0.05) is 30.3 Å². The summed E-state index contributed by atoms with van der Waals surface area (Å²) in [5.41, 5.74) is 2.87. The van der Waals surface area contributed by atoms with Crippen LogP contribution in [0.25, 0.3) is 0 Å². The van der Waals surface area contributed by atoms with Crippen LogP contribution in [0.4, 0.5) is 0 Å². The third-order valence-electron chi connectivity index (χ3n) is 3.34. The zero-order valence-corrected chi connectivity index (χ0v) is 9.47. The van der Waals surface area contributed by atoms with E-state index in [0.717, 1.165) is 29.7 Å². The predicted molar refractivity (Wildman–Crippen MR) is 66.1 cm³/mol. The molecule has 3 rings (SSSR count). The van der Waals surface area contributed by atoms with Crippen LogP contribution in [0, 0.1) is 0 Å². The average Bonchev–Trinajstić information content (AvgIpc) is 2.40. The van der Waals surface area contributed by atoms with E-state index in [1.54, 1.807) is 6.20 Å². The summed E-state index contributed by atoms with van der Waals surface area (Å²) in [5, 5.41) is 0. The van der Waals surface area contributed by atoms with Crippen LogP contribution in [0.1, 0.15) is 34.0 Å². The van der Waals surface area contributed by atoms with E-state index in [2.05, 4.69) is 4.98 Å². The van der Waals surface area contributed by atoms with Crippen LogP contribution in [0.15, 0.2) is 48.7 Å². The van der Waals surface area contributed by atoms with Crippen molar-refractivity contribution in [2.24, 2.45) is 0 Å². The largest absolute Gasteiger partial charge is 0.293 e. The van der Waals surface area contributed by atoms with Gasteiger partial charge in [0.05, 0.1) is 5.69 Å². The summed E-state index contributed by atoms with van der Waals surface area (Å²) in [7, 11) is 0. The molecule has 1 atom stereocenters. The molecular formula is C15H13NO. The molecule has 1 heterocycles. The number of carbonyl (C=O) groups is 1. The number of rotatable bonds is 1. The number of aryl methyl sites for hydroxylation is 1. The Kier molecular flexibility index (Phi) is 2.48. The van der Waals surface area contributed by atoms with Gasteiger partial charge in [0.1, 0.15) is 0 Å². The molecule has 1 aromatic heterocycles. The lowest BCUT2D eigenvalue weighted by atomic mass is 9.81. The van der Waals surface area contributed by atoms with E-state index in [-0.39, 0.29) is 11.7 Å². The fourth-order valence-electron chi connectivity index (χ4n) is 2.46. The van der Waals surface area contributed by atoms with Crippen molar-refractivity contribution in [3.8, 4) is 0 Å². The highest BCUT2D eigenvalue weighted by molar-refractivity contribution is 6.02. The predicted octanol–water partition coefficient (Wildman–Crippen LogP) is 2.99. The van der Waals surface area contributed by atoms with Gasteiger partial charge in [-0.3, -0.25) is 9.78 Å². The van der Waals surface area contributed by atoms with E-state index in [9.17, 15) is 4.79 Å². The number of pyridine rings is 1. The maximum atomic E-state index is 12.4. The molecule has 1 aromatic carbocycles. The second-order valence-corrected chi connectivity index (χ2v) is 4.36. The number of hydrogen-bond donors (Lipinski definition) is 0. The highest BCUT2D eigenvalue weighted by Gasteiger charge is 2.28. The monoisotopic (exact) mass is 223 g/mol. The van der Waals surface area contributed by atoms with Crippen molar-refractivity contribution in [2.75, 3.05) is 0 Å². The topological polar surface area (TPSA) is 30.0 Å². The number of fused-ring (bicyclic) bond motifs is 1. The third-order valence-corrected chi connectivity index (χ3v) is 3.34. The average molecular weight is 223 g/mol. The van der Waals surface area contributed by atoms with Crippen LogP contribution in [-0.2, 0) is 6.42 Å². The van der Waals surface area contributed by atoms with E-state index in [1.807, 2.05) is 42.5 Å². The maximum absolute atomic E-state index is 12.4. The van der Waals surface area contributed by atoms with Crippen molar-refractivity contribution in [1.82, 2.24) is 4.98 Å². The Hall–Kier alpha value is -1.96. The van der Waals surface area contributed by atoms with Crippen LogP contribution in [0.2, 0.25) is 0 Å². The van der Waals surface area contributed by atoms with Crippen molar-refractivity contribution >= 4 is 5.78 Å². The summed E-state index contributed by atoms with van der Waals surface area (Å²) < 4.78 is 0. The SMILES string of the molecule is O=C1c2cccnc2CCC1c1ccccc1. The molecule has 1 unspecified atom stereocenters. The molecule has 0 saturated heterocycles. The van der Waals surface area contributed by atoms with E-state index in [0.29, 0.717) is 0 Å².